The van der Waals surface area contributed by atoms with E-state index in [9.17, 15) is 8.42 Å². The molecule has 0 unspecified atom stereocenters. The molecule has 0 N–H and O–H groups in total. The number of rotatable bonds is 9. The summed E-state index contributed by atoms with van der Waals surface area (Å²) in [5.41, 5.74) is 2.65. The fraction of sp³-hybridized carbons (Fsp3) is 0.375. The lowest BCUT2D eigenvalue weighted by molar-refractivity contribution is 0.0948. The Labute approximate surface area is 219 Å². The maximum Gasteiger partial charge on any atom is 0.191 e. The maximum absolute atomic E-state index is 13.7. The number of aromatic nitrogens is 6. The van der Waals surface area contributed by atoms with Crippen LogP contribution in [0, 0.1) is 20.8 Å². The first kappa shape index (κ1) is 26.7. The van der Waals surface area contributed by atoms with Crippen LogP contribution in [0.2, 0.25) is 5.02 Å². The number of nitrogens with zero attached hydrogens (tertiary/aromatic N) is 6. The first-order valence-corrected chi connectivity index (χ1v) is 13.4. The molecule has 3 heterocycles. The van der Waals surface area contributed by atoms with E-state index in [-0.39, 0.29) is 11.6 Å². The van der Waals surface area contributed by atoms with Gasteiger partial charge >= 0.3 is 0 Å². The molecule has 0 amide bonds. The first-order chi connectivity index (χ1) is 17.6. The molecule has 4 aromatic rings. The molecule has 0 bridgehead atoms. The summed E-state index contributed by atoms with van der Waals surface area (Å²) >= 11 is 5.89. The molecular weight excluding hydrogens is 520 g/mol. The van der Waals surface area contributed by atoms with E-state index in [0.29, 0.717) is 33.7 Å². The maximum atomic E-state index is 13.7. The average Bonchev–Trinajstić information content (AvgIpc) is 3.42. The van der Waals surface area contributed by atoms with Crippen LogP contribution in [0.5, 0.6) is 5.75 Å². The Morgan fingerprint density at radius 2 is 1.81 bits per heavy atom. The summed E-state index contributed by atoms with van der Waals surface area (Å²) in [7, 11) is -0.916. The number of methoxy groups -OCH3 is 2. The number of hydrogen-bond acceptors (Lipinski definition) is 10. The highest BCUT2D eigenvalue weighted by atomic mass is 35.5. The number of hydrogen-bond donors (Lipinski definition) is 0. The van der Waals surface area contributed by atoms with Gasteiger partial charge < -0.3 is 14.0 Å². The van der Waals surface area contributed by atoms with E-state index in [0.717, 1.165) is 11.1 Å². The Morgan fingerprint density at radius 1 is 1.11 bits per heavy atom. The van der Waals surface area contributed by atoms with Crippen molar-refractivity contribution in [2.75, 3.05) is 14.2 Å². The minimum absolute atomic E-state index is 0.182. The lowest BCUT2D eigenvalue weighted by Gasteiger charge is -2.22. The van der Waals surface area contributed by atoms with Crippen LogP contribution in [0.1, 0.15) is 41.6 Å². The Kier molecular flexibility index (Phi) is 7.62. The van der Waals surface area contributed by atoms with E-state index in [4.69, 9.17) is 25.6 Å². The first-order valence-electron chi connectivity index (χ1n) is 11.3. The van der Waals surface area contributed by atoms with Gasteiger partial charge in [-0.25, -0.2) is 18.4 Å². The van der Waals surface area contributed by atoms with Crippen molar-refractivity contribution in [1.29, 1.82) is 0 Å². The summed E-state index contributed by atoms with van der Waals surface area (Å²) in [5, 5.41) is 12.1. The molecule has 0 saturated heterocycles. The molecular formula is C24H27ClN6O5S. The SMILES string of the molecule is COc1cccc(C)c1-n1c(CS(=O)(=O)[C@@H](C)[C@H](OC)c2ncc(Cl)cn2)nnc1-c1noc(C)c1C. The van der Waals surface area contributed by atoms with Crippen molar-refractivity contribution in [2.45, 2.75) is 44.8 Å². The third-order valence-corrected chi connectivity index (χ3v) is 8.45. The van der Waals surface area contributed by atoms with Crippen molar-refractivity contribution < 1.29 is 22.4 Å². The molecule has 0 saturated carbocycles. The van der Waals surface area contributed by atoms with Crippen molar-refractivity contribution >= 4 is 21.4 Å². The smallest absolute Gasteiger partial charge is 0.191 e. The number of para-hydroxylation sites is 1. The van der Waals surface area contributed by atoms with E-state index < -0.39 is 26.9 Å². The van der Waals surface area contributed by atoms with Crippen molar-refractivity contribution in [2.24, 2.45) is 0 Å². The molecule has 0 aliphatic carbocycles. The minimum atomic E-state index is -3.87. The number of benzene rings is 1. The van der Waals surface area contributed by atoms with E-state index in [1.54, 1.807) is 31.6 Å². The number of aryl methyl sites for hydroxylation is 2. The van der Waals surface area contributed by atoms with Gasteiger partial charge in [0, 0.05) is 25.1 Å². The second-order valence-electron chi connectivity index (χ2n) is 8.54. The van der Waals surface area contributed by atoms with E-state index in [2.05, 4.69) is 25.3 Å². The van der Waals surface area contributed by atoms with Gasteiger partial charge in [0.05, 0.1) is 23.1 Å². The average molecular weight is 547 g/mol. The molecule has 196 valence electrons. The summed E-state index contributed by atoms with van der Waals surface area (Å²) in [6, 6.07) is 5.52. The van der Waals surface area contributed by atoms with Gasteiger partial charge in [-0.05, 0) is 39.3 Å². The van der Waals surface area contributed by atoms with Crippen LogP contribution in [0.15, 0.2) is 35.1 Å². The van der Waals surface area contributed by atoms with E-state index >= 15 is 0 Å². The molecule has 0 aliphatic rings. The number of halogens is 1. The fourth-order valence-electron chi connectivity index (χ4n) is 3.98. The number of ether oxygens (including phenoxy) is 2. The molecule has 0 aliphatic heterocycles. The van der Waals surface area contributed by atoms with Crippen LogP contribution in [-0.2, 0) is 20.3 Å². The van der Waals surface area contributed by atoms with Gasteiger partial charge in [-0.3, -0.25) is 4.57 Å². The fourth-order valence-corrected chi connectivity index (χ4v) is 5.50. The Morgan fingerprint density at radius 3 is 2.41 bits per heavy atom. The number of sulfone groups is 1. The second kappa shape index (κ2) is 10.6. The highest BCUT2D eigenvalue weighted by Gasteiger charge is 2.35. The monoisotopic (exact) mass is 546 g/mol. The van der Waals surface area contributed by atoms with Crippen LogP contribution in [0.4, 0.5) is 0 Å². The van der Waals surface area contributed by atoms with Gasteiger partial charge in [0.2, 0.25) is 0 Å². The molecule has 0 radical (unpaired) electrons. The normalized spacial score (nSPS) is 13.5. The second-order valence-corrected chi connectivity index (χ2v) is 11.3. The summed E-state index contributed by atoms with van der Waals surface area (Å²) in [6.07, 6.45) is 1.86. The zero-order chi connectivity index (χ0) is 26.9. The molecule has 13 heteroatoms. The van der Waals surface area contributed by atoms with Gasteiger partial charge in [0.25, 0.3) is 0 Å². The zero-order valence-corrected chi connectivity index (χ0v) is 22.8. The van der Waals surface area contributed by atoms with Crippen LogP contribution in [0.3, 0.4) is 0 Å². The van der Waals surface area contributed by atoms with Gasteiger partial charge in [-0.2, -0.15) is 0 Å². The third-order valence-electron chi connectivity index (χ3n) is 6.22. The summed E-state index contributed by atoms with van der Waals surface area (Å²) in [4.78, 5) is 8.29. The Hall–Kier alpha value is -3.35. The molecule has 0 spiro atoms. The van der Waals surface area contributed by atoms with E-state index in [1.165, 1.54) is 19.5 Å². The highest BCUT2D eigenvalue weighted by molar-refractivity contribution is 7.91. The topological polar surface area (TPSA) is 135 Å². The Bertz CT molecular complexity index is 1520. The van der Waals surface area contributed by atoms with E-state index in [1.807, 2.05) is 26.0 Å². The van der Waals surface area contributed by atoms with Crippen molar-refractivity contribution in [1.82, 2.24) is 29.9 Å². The summed E-state index contributed by atoms with van der Waals surface area (Å²) in [6.45, 7) is 7.07. The molecule has 4 rings (SSSR count). The largest absolute Gasteiger partial charge is 0.495 e. The van der Waals surface area contributed by atoms with Gasteiger partial charge in [0.1, 0.15) is 23.4 Å². The van der Waals surface area contributed by atoms with Crippen molar-refractivity contribution in [3.05, 3.63) is 64.2 Å². The minimum Gasteiger partial charge on any atom is -0.495 e. The van der Waals surface area contributed by atoms with Crippen LogP contribution < -0.4 is 4.74 Å². The van der Waals surface area contributed by atoms with Crippen molar-refractivity contribution in [3.63, 3.8) is 0 Å². The van der Waals surface area contributed by atoms with Crippen LogP contribution in [-0.4, -0.2) is 57.8 Å². The Balaban J connectivity index is 1.83. The van der Waals surface area contributed by atoms with Gasteiger partial charge in [-0.15, -0.1) is 10.2 Å². The molecule has 0 fully saturated rings. The molecule has 11 nitrogen and oxygen atoms in total. The van der Waals surface area contributed by atoms with Crippen LogP contribution >= 0.6 is 11.6 Å². The standard InChI is InChI=1S/C24H27ClN6O5S/c1-13-8-7-9-18(34-5)21(13)31-19(28-29-24(31)20-14(2)15(3)36-30-20)12-37(32,33)16(4)22(35-6)23-26-10-17(25)11-27-23/h7-11,16,22H,12H2,1-6H3/t16-,22-/m0/s1. The van der Waals surface area contributed by atoms with Gasteiger partial charge in [0.15, 0.2) is 33.0 Å². The molecule has 37 heavy (non-hydrogen) atoms. The molecule has 2 atom stereocenters. The highest BCUT2D eigenvalue weighted by Crippen LogP contribution is 2.34. The zero-order valence-electron chi connectivity index (χ0n) is 21.3. The predicted octanol–water partition coefficient (Wildman–Crippen LogP) is 3.99. The summed E-state index contributed by atoms with van der Waals surface area (Å²) in [5.74, 6) is 1.43. The third kappa shape index (κ3) is 5.09. The predicted molar refractivity (Wildman–Crippen MR) is 136 cm³/mol. The lowest BCUT2D eigenvalue weighted by atomic mass is 10.1. The van der Waals surface area contributed by atoms with Crippen LogP contribution in [0.25, 0.3) is 17.2 Å². The molecule has 3 aromatic heterocycles. The quantitative estimate of drug-likeness (QED) is 0.303. The molecule has 1 aromatic carbocycles. The van der Waals surface area contributed by atoms with Gasteiger partial charge in [-0.1, -0.05) is 28.9 Å². The summed E-state index contributed by atoms with van der Waals surface area (Å²) < 4.78 is 45.5. The van der Waals surface area contributed by atoms with Crippen molar-refractivity contribution in [3.8, 4) is 23.0 Å². The lowest BCUT2D eigenvalue weighted by Crippen LogP contribution is -2.30.